The number of halogens is 2. The maximum Gasteiger partial charge on any atom is 0.300 e. The normalized spacial score (nSPS) is 23.1. The van der Waals surface area contributed by atoms with Crippen molar-refractivity contribution in [2.45, 2.75) is 55.4 Å². The van der Waals surface area contributed by atoms with Crippen LogP contribution in [0.5, 0.6) is 0 Å². The Morgan fingerprint density at radius 1 is 0.838 bits per heavy atom. The lowest BCUT2D eigenvalue weighted by Crippen LogP contribution is -2.63. The van der Waals surface area contributed by atoms with Gasteiger partial charge in [0, 0.05) is 76.8 Å². The molecule has 2 unspecified atom stereocenters. The summed E-state index contributed by atoms with van der Waals surface area (Å²) in [6.45, 7) is 6.64. The largest absolute Gasteiger partial charge is 0.481 e. The SMILES string of the molecule is CC(=O)O.CNNNCN1CNNNCN=C2NC(N)=C(C1=O)N(N1CCC(c3nc(C4CCN(N5C(C(N)=O)=C(N)N=C(N)C5Cl)CC4)nc(N4CCN(c5ccccc5)CC4)n3)CC1)C2Cl. The first-order valence-electron chi connectivity index (χ1n) is 22.2. The Labute approximate surface area is 403 Å². The number of carboxylic acid groups (broad SMARTS) is 1. The third-order valence-corrected chi connectivity index (χ3v) is 12.8. The lowest BCUT2D eigenvalue weighted by molar-refractivity contribution is -0.135. The fraction of sp³-hybridized carbons (Fsp3) is 0.538. The number of hydrazine groups is 6. The standard InChI is InChI=1S/C37H57Cl2N23O2.C2H4O2/c1-44-54-47-20-58-21-48-55-46-19-45-35-28(39)62(26(36(58)64)30(41)50-35)60-13-9-23(10-14-60)34-51-33(52-37(53-34)57-17-15-56(16-18-57)24-5-3-2-4-6-24)22-7-11-59(12-8-22)61-25(32(43)63)29(40)49-31(42)27(61)38;1-2(3)4/h2-6,22-23,27-28,44,46-48,54-55H,7-21,40-41H2,1H3,(H2,42,49)(H2,43,63)(H,45,50);1H3,(H,3,4). The number of piperidine rings is 2. The summed E-state index contributed by atoms with van der Waals surface area (Å²) < 4.78 is 0. The number of anilines is 2. The first-order chi connectivity index (χ1) is 32.7. The second-order valence-corrected chi connectivity index (χ2v) is 17.2. The van der Waals surface area contributed by atoms with Gasteiger partial charge in [-0.25, -0.2) is 41.7 Å². The number of rotatable bonds is 11. The zero-order chi connectivity index (χ0) is 48.5. The van der Waals surface area contributed by atoms with E-state index in [0.717, 1.165) is 38.9 Å². The molecule has 3 saturated heterocycles. The van der Waals surface area contributed by atoms with Gasteiger partial charge in [0.2, 0.25) is 5.95 Å². The first-order valence-corrected chi connectivity index (χ1v) is 23.1. The molecular weight excluding hydrogens is 925 g/mol. The van der Waals surface area contributed by atoms with Crippen LogP contribution in [0, 0.1) is 0 Å². The number of nitrogens with two attached hydrogens (primary N) is 4. The zero-order valence-corrected chi connectivity index (χ0v) is 39.4. The fourth-order valence-corrected chi connectivity index (χ4v) is 9.28. The van der Waals surface area contributed by atoms with Crippen LogP contribution in [-0.4, -0.2) is 165 Å². The van der Waals surface area contributed by atoms with E-state index < -0.39 is 22.9 Å². The fourth-order valence-electron chi connectivity index (χ4n) is 8.67. The van der Waals surface area contributed by atoms with Crippen LogP contribution in [0.1, 0.15) is 56.1 Å². The molecule has 1 aromatic carbocycles. The van der Waals surface area contributed by atoms with E-state index in [2.05, 4.69) is 87.1 Å². The van der Waals surface area contributed by atoms with Gasteiger partial charge in [-0.3, -0.25) is 29.4 Å². The van der Waals surface area contributed by atoms with E-state index in [9.17, 15) is 9.59 Å². The Bertz CT molecular complexity index is 2230. The molecule has 3 fully saturated rings. The van der Waals surface area contributed by atoms with Gasteiger partial charge in [0.15, 0.2) is 28.2 Å². The van der Waals surface area contributed by atoms with Crippen molar-refractivity contribution in [1.29, 1.82) is 0 Å². The number of nitrogens with one attached hydrogen (secondary N) is 7. The third-order valence-electron chi connectivity index (χ3n) is 12.0. The van der Waals surface area contributed by atoms with E-state index >= 15 is 0 Å². The van der Waals surface area contributed by atoms with Crippen molar-refractivity contribution in [3.05, 3.63) is 65.0 Å². The number of fused-ring (bicyclic) bond motifs is 9. The van der Waals surface area contributed by atoms with Crippen LogP contribution < -0.4 is 70.8 Å². The Morgan fingerprint density at radius 3 is 2.01 bits per heavy atom. The number of amides is 2. The predicted molar refractivity (Wildman–Crippen MR) is 254 cm³/mol. The molecule has 68 heavy (non-hydrogen) atoms. The molecule has 0 saturated carbocycles. The van der Waals surface area contributed by atoms with Crippen molar-refractivity contribution >= 4 is 64.3 Å². The second-order valence-electron chi connectivity index (χ2n) is 16.4. The van der Waals surface area contributed by atoms with Gasteiger partial charge < -0.3 is 48.1 Å². The molecule has 1 aromatic heterocycles. The number of hydrogen-bond donors (Lipinski definition) is 12. The number of amidine groups is 2. The molecule has 0 spiro atoms. The highest BCUT2D eigenvalue weighted by Gasteiger charge is 2.43. The minimum absolute atomic E-state index is 0.00879. The molecule has 16 N–H and O–H groups in total. The summed E-state index contributed by atoms with van der Waals surface area (Å²) in [4.78, 5) is 66.1. The smallest absolute Gasteiger partial charge is 0.300 e. The molecule has 9 rings (SSSR count). The Hall–Kier alpha value is -5.88. The Morgan fingerprint density at radius 2 is 1.43 bits per heavy atom. The van der Waals surface area contributed by atoms with Crippen molar-refractivity contribution in [3.8, 4) is 0 Å². The highest BCUT2D eigenvalue weighted by molar-refractivity contribution is 6.32. The van der Waals surface area contributed by atoms with E-state index in [0.29, 0.717) is 69.5 Å². The number of carbonyl (C=O) groups is 3. The van der Waals surface area contributed by atoms with Crippen molar-refractivity contribution < 1.29 is 19.5 Å². The van der Waals surface area contributed by atoms with Crippen LogP contribution in [0.2, 0.25) is 0 Å². The molecule has 0 radical (unpaired) electrons. The van der Waals surface area contributed by atoms with E-state index in [1.54, 1.807) is 17.1 Å². The number of carbonyl (C=O) groups excluding carboxylic acids is 2. The summed E-state index contributed by atoms with van der Waals surface area (Å²) in [6.07, 6.45) is 2.63. The number of primary amides is 1. The quantitative estimate of drug-likeness (QED) is 0.0458. The lowest BCUT2D eigenvalue weighted by atomic mass is 9.94. The summed E-state index contributed by atoms with van der Waals surface area (Å²) in [5.41, 5.74) is 41.5. The molecule has 7 aliphatic heterocycles. The molecule has 8 heterocycles. The number of nitrogens with zero attached hydrogens (tertiary/aromatic N) is 12. The van der Waals surface area contributed by atoms with Gasteiger partial charge in [0.25, 0.3) is 17.8 Å². The first kappa shape index (κ1) is 50.0. The lowest BCUT2D eigenvalue weighted by Gasteiger charge is -2.46. The molecular formula is C39H61Cl2N23O4. The summed E-state index contributed by atoms with van der Waals surface area (Å²) in [7, 11) is 1.71. The molecule has 29 heteroatoms. The van der Waals surface area contributed by atoms with Gasteiger partial charge in [0.1, 0.15) is 35.8 Å². The third kappa shape index (κ3) is 11.7. The number of carboxylic acids is 1. The minimum atomic E-state index is -0.925. The summed E-state index contributed by atoms with van der Waals surface area (Å²) in [5.74, 6) is 0.625. The molecule has 2 aromatic rings. The van der Waals surface area contributed by atoms with Gasteiger partial charge >= 0.3 is 0 Å². The molecule has 2 atom stereocenters. The summed E-state index contributed by atoms with van der Waals surface area (Å²) in [6, 6.07) is 10.4. The van der Waals surface area contributed by atoms with Crippen LogP contribution in [0.4, 0.5) is 11.6 Å². The maximum atomic E-state index is 14.3. The van der Waals surface area contributed by atoms with Crippen LogP contribution in [0.3, 0.4) is 0 Å². The number of hydrogen-bond acceptors (Lipinski definition) is 24. The second kappa shape index (κ2) is 22.9. The zero-order valence-electron chi connectivity index (χ0n) is 37.9. The Kier molecular flexibility index (Phi) is 16.9. The van der Waals surface area contributed by atoms with Crippen LogP contribution >= 0.6 is 23.2 Å². The summed E-state index contributed by atoms with van der Waals surface area (Å²) in [5, 5.41) is 17.8. The molecule has 0 aliphatic carbocycles. The van der Waals surface area contributed by atoms with Crippen LogP contribution in [0.25, 0.3) is 0 Å². The van der Waals surface area contributed by atoms with Gasteiger partial charge in [-0.15, -0.1) is 0 Å². The summed E-state index contributed by atoms with van der Waals surface area (Å²) >= 11 is 13.8. The van der Waals surface area contributed by atoms with Crippen molar-refractivity contribution in [2.24, 2.45) is 32.9 Å². The highest BCUT2D eigenvalue weighted by atomic mass is 35.5. The van der Waals surface area contributed by atoms with E-state index in [1.165, 1.54) is 10.6 Å². The maximum absolute atomic E-state index is 14.3. The van der Waals surface area contributed by atoms with Crippen molar-refractivity contribution in [2.75, 3.05) is 89.2 Å². The monoisotopic (exact) mass is 985 g/mol. The molecule has 370 valence electrons. The number of aliphatic imine (C=N–C) groups is 2. The molecule has 27 nitrogen and oxygen atoms in total. The number of aromatic nitrogens is 3. The molecule has 2 bridgehead atoms. The topological polar surface area (TPSA) is 346 Å². The van der Waals surface area contributed by atoms with Crippen LogP contribution in [0.15, 0.2) is 63.4 Å². The van der Waals surface area contributed by atoms with Gasteiger partial charge in [-0.1, -0.05) is 41.4 Å². The van der Waals surface area contributed by atoms with Crippen LogP contribution in [-0.2, 0) is 14.4 Å². The number of benzene rings is 1. The number of aliphatic carboxylic acids is 1. The van der Waals surface area contributed by atoms with E-state index in [-0.39, 0.29) is 66.6 Å². The van der Waals surface area contributed by atoms with E-state index in [1.807, 2.05) is 11.1 Å². The predicted octanol–water partition coefficient (Wildman–Crippen LogP) is -3.13. The molecule has 7 aliphatic rings. The molecule has 2 amide bonds. The average Bonchev–Trinajstić information content (AvgIpc) is 3.33. The Balaban J connectivity index is 0.00000165. The highest BCUT2D eigenvalue weighted by Crippen LogP contribution is 2.35. The number of alkyl halides is 2. The van der Waals surface area contributed by atoms with E-state index in [4.69, 9.17) is 71.0 Å². The minimum Gasteiger partial charge on any atom is -0.481 e. The van der Waals surface area contributed by atoms with Gasteiger partial charge in [-0.2, -0.15) is 21.0 Å². The van der Waals surface area contributed by atoms with Gasteiger partial charge in [-0.05, 0) is 44.9 Å². The number of piperazine rings is 1. The van der Waals surface area contributed by atoms with Crippen molar-refractivity contribution in [3.63, 3.8) is 0 Å². The average molecular weight is 987 g/mol. The van der Waals surface area contributed by atoms with Gasteiger partial charge in [0.05, 0.1) is 13.3 Å². The van der Waals surface area contributed by atoms with Crippen molar-refractivity contribution in [1.82, 2.24) is 78.0 Å². The number of para-hydroxylation sites is 1.